The molecule has 0 radical (unpaired) electrons. The van der Waals surface area contributed by atoms with Gasteiger partial charge in [-0.2, -0.15) is 0 Å². The molecule has 6 heteroatoms. The van der Waals surface area contributed by atoms with Gasteiger partial charge in [-0.1, -0.05) is 0 Å². The molecule has 1 aliphatic rings. The molecule has 0 bridgehead atoms. The zero-order valence-electron chi connectivity index (χ0n) is 8.65. The summed E-state index contributed by atoms with van der Waals surface area (Å²) in [5.41, 5.74) is -0.898. The predicted molar refractivity (Wildman–Crippen MR) is 57.7 cm³/mol. The highest BCUT2D eigenvalue weighted by Crippen LogP contribution is 2.39. The first-order valence-corrected chi connectivity index (χ1v) is 5.04. The van der Waals surface area contributed by atoms with E-state index in [0.29, 0.717) is 0 Å². The number of hydrogen-bond donors (Lipinski definition) is 2. The number of hydrogen-bond acceptors (Lipinski definition) is 5. The molecular weight excluding hydrogens is 248 g/mol. The van der Waals surface area contributed by atoms with Crippen molar-refractivity contribution < 1.29 is 24.6 Å². The number of phenols is 2. The summed E-state index contributed by atoms with van der Waals surface area (Å²) in [5.74, 6) is -4.11. The summed E-state index contributed by atoms with van der Waals surface area (Å²) >= 11 is 5.71. The van der Waals surface area contributed by atoms with Gasteiger partial charge in [0.25, 0.3) is 0 Å². The summed E-state index contributed by atoms with van der Waals surface area (Å²) < 4.78 is 0. The molecule has 1 aromatic rings. The molecule has 0 fully saturated rings. The van der Waals surface area contributed by atoms with Crippen LogP contribution in [0.25, 0.3) is 0 Å². The third-order valence-corrected chi connectivity index (χ3v) is 3.02. The minimum atomic E-state index is -2.03. The fraction of sp³-hybridized carbons (Fsp3) is 0.182. The van der Waals surface area contributed by atoms with Crippen LogP contribution in [-0.4, -0.2) is 32.4 Å². The van der Waals surface area contributed by atoms with Gasteiger partial charge in [0.2, 0.25) is 11.6 Å². The molecule has 1 unspecified atom stereocenters. The maximum Gasteiger partial charge on any atom is 0.235 e. The van der Waals surface area contributed by atoms with E-state index in [-0.39, 0.29) is 0 Å². The number of rotatable bonds is 0. The first kappa shape index (κ1) is 11.6. The Morgan fingerprint density at radius 2 is 1.47 bits per heavy atom. The normalized spacial score (nSPS) is 23.8. The number of ketones is 3. The van der Waals surface area contributed by atoms with Gasteiger partial charge < -0.3 is 10.2 Å². The molecule has 2 N–H and O–H groups in total. The van der Waals surface area contributed by atoms with Crippen molar-refractivity contribution in [1.82, 2.24) is 0 Å². The van der Waals surface area contributed by atoms with Crippen molar-refractivity contribution in [3.8, 4) is 11.5 Å². The third kappa shape index (κ3) is 1.36. The zero-order chi connectivity index (χ0) is 13.0. The Labute approximate surface area is 101 Å². The largest absolute Gasteiger partial charge is 0.507 e. The van der Waals surface area contributed by atoms with Gasteiger partial charge in [0.1, 0.15) is 11.5 Å². The molecule has 0 aromatic heterocycles. The molecule has 0 amide bonds. The molecule has 17 heavy (non-hydrogen) atoms. The number of halogens is 1. The Morgan fingerprint density at radius 3 is 2.00 bits per heavy atom. The predicted octanol–water partition coefficient (Wildman–Crippen LogP) is 1.04. The van der Waals surface area contributed by atoms with E-state index in [1.54, 1.807) is 0 Å². The quantitative estimate of drug-likeness (QED) is 0.312. The van der Waals surface area contributed by atoms with Gasteiger partial charge in [-0.15, -0.1) is 11.6 Å². The van der Waals surface area contributed by atoms with Crippen LogP contribution in [0.3, 0.4) is 0 Å². The summed E-state index contributed by atoms with van der Waals surface area (Å²) in [6.45, 7) is 1.09. The van der Waals surface area contributed by atoms with Crippen LogP contribution in [0, 0.1) is 0 Å². The summed E-state index contributed by atoms with van der Waals surface area (Å²) in [7, 11) is 0. The average Bonchev–Trinajstić information content (AvgIpc) is 2.27. The van der Waals surface area contributed by atoms with Gasteiger partial charge in [-0.05, 0) is 19.1 Å². The fourth-order valence-corrected chi connectivity index (χ4v) is 1.89. The fourth-order valence-electron chi connectivity index (χ4n) is 1.70. The van der Waals surface area contributed by atoms with Crippen LogP contribution in [0.1, 0.15) is 27.6 Å². The second-order valence-corrected chi connectivity index (χ2v) is 4.60. The molecule has 0 saturated heterocycles. The van der Waals surface area contributed by atoms with Gasteiger partial charge in [-0.3, -0.25) is 14.4 Å². The zero-order valence-corrected chi connectivity index (χ0v) is 9.41. The highest BCUT2D eigenvalue weighted by molar-refractivity contribution is 6.66. The maximum absolute atomic E-state index is 11.9. The third-order valence-electron chi connectivity index (χ3n) is 2.67. The van der Waals surface area contributed by atoms with Crippen molar-refractivity contribution in [2.45, 2.75) is 11.8 Å². The second kappa shape index (κ2) is 3.30. The van der Waals surface area contributed by atoms with Gasteiger partial charge in [0.05, 0.1) is 11.1 Å². The van der Waals surface area contributed by atoms with Crippen LogP contribution < -0.4 is 0 Å². The Kier molecular flexibility index (Phi) is 2.26. The minimum absolute atomic E-state index is 0.410. The van der Waals surface area contributed by atoms with Gasteiger partial charge in [-0.25, -0.2) is 0 Å². The van der Waals surface area contributed by atoms with Crippen LogP contribution >= 0.6 is 11.6 Å². The standard InChI is InChI=1S/C11H7ClO5/c1-11(12)9(16)7-5(14)3-2-4(13)6(7)8(15)10(11)17/h2-3,13-14H,1H3. The van der Waals surface area contributed by atoms with Crippen molar-refractivity contribution in [3.63, 3.8) is 0 Å². The molecule has 2 rings (SSSR count). The molecule has 0 heterocycles. The monoisotopic (exact) mass is 254 g/mol. The molecule has 0 spiro atoms. The second-order valence-electron chi connectivity index (χ2n) is 3.84. The van der Waals surface area contributed by atoms with Crippen LogP contribution in [0.4, 0.5) is 0 Å². The van der Waals surface area contributed by atoms with E-state index < -0.39 is 44.8 Å². The Hall–Kier alpha value is -1.88. The Bertz CT molecular complexity index is 573. The first-order valence-electron chi connectivity index (χ1n) is 4.66. The molecule has 1 atom stereocenters. The van der Waals surface area contributed by atoms with Crippen LogP contribution in [0.15, 0.2) is 12.1 Å². The lowest BCUT2D eigenvalue weighted by molar-refractivity contribution is -0.116. The SMILES string of the molecule is CC1(Cl)C(=O)C(=O)c2c(O)ccc(O)c2C1=O. The van der Waals surface area contributed by atoms with Crippen molar-refractivity contribution in [1.29, 1.82) is 0 Å². The van der Waals surface area contributed by atoms with E-state index in [2.05, 4.69) is 0 Å². The molecule has 0 aliphatic heterocycles. The highest BCUT2D eigenvalue weighted by Gasteiger charge is 2.51. The lowest BCUT2D eigenvalue weighted by atomic mass is 9.80. The number of benzene rings is 1. The maximum atomic E-state index is 11.9. The molecule has 1 aliphatic carbocycles. The molecule has 1 aromatic carbocycles. The highest BCUT2D eigenvalue weighted by atomic mass is 35.5. The number of alkyl halides is 1. The van der Waals surface area contributed by atoms with Crippen molar-refractivity contribution in [2.24, 2.45) is 0 Å². The summed E-state index contributed by atoms with van der Waals surface area (Å²) in [6, 6.07) is 2.09. The molecule has 88 valence electrons. The van der Waals surface area contributed by atoms with E-state index >= 15 is 0 Å². The number of carbonyl (C=O) groups excluding carboxylic acids is 3. The van der Waals surface area contributed by atoms with E-state index in [0.717, 1.165) is 19.1 Å². The number of aromatic hydroxyl groups is 2. The Morgan fingerprint density at radius 1 is 1.00 bits per heavy atom. The number of Topliss-reactive ketones (excluding diaryl/α,β-unsaturated/α-hetero) is 3. The molecular formula is C11H7ClO5. The van der Waals surface area contributed by atoms with E-state index in [1.165, 1.54) is 0 Å². The summed E-state index contributed by atoms with van der Waals surface area (Å²) in [6.07, 6.45) is 0. The topological polar surface area (TPSA) is 91.7 Å². The average molecular weight is 255 g/mol. The van der Waals surface area contributed by atoms with E-state index in [9.17, 15) is 24.6 Å². The van der Waals surface area contributed by atoms with Crippen LogP contribution in [-0.2, 0) is 4.79 Å². The molecule has 5 nitrogen and oxygen atoms in total. The van der Waals surface area contributed by atoms with Gasteiger partial charge >= 0.3 is 0 Å². The smallest absolute Gasteiger partial charge is 0.235 e. The van der Waals surface area contributed by atoms with Crippen molar-refractivity contribution in [2.75, 3.05) is 0 Å². The Balaban J connectivity index is 2.87. The lowest BCUT2D eigenvalue weighted by Gasteiger charge is -2.25. The van der Waals surface area contributed by atoms with Gasteiger partial charge in [0.15, 0.2) is 10.7 Å². The number of phenolic OH excluding ortho intramolecular Hbond substituents is 2. The minimum Gasteiger partial charge on any atom is -0.507 e. The van der Waals surface area contributed by atoms with Crippen LogP contribution in [0.2, 0.25) is 0 Å². The summed E-state index contributed by atoms with van der Waals surface area (Å²) in [4.78, 5) is 33.1. The van der Waals surface area contributed by atoms with E-state index in [4.69, 9.17) is 11.6 Å². The van der Waals surface area contributed by atoms with Crippen molar-refractivity contribution >= 4 is 29.0 Å². The molecule has 0 saturated carbocycles. The van der Waals surface area contributed by atoms with Crippen LogP contribution in [0.5, 0.6) is 11.5 Å². The summed E-state index contributed by atoms with van der Waals surface area (Å²) in [5, 5.41) is 19.0. The first-order chi connectivity index (χ1) is 7.78. The lowest BCUT2D eigenvalue weighted by Crippen LogP contribution is -2.47. The van der Waals surface area contributed by atoms with Gasteiger partial charge in [0, 0.05) is 0 Å². The van der Waals surface area contributed by atoms with E-state index in [1.807, 2.05) is 0 Å². The number of carbonyl (C=O) groups is 3. The number of fused-ring (bicyclic) bond motifs is 1. The van der Waals surface area contributed by atoms with Crippen molar-refractivity contribution in [3.05, 3.63) is 23.3 Å².